The lowest BCUT2D eigenvalue weighted by Gasteiger charge is -2.09. The monoisotopic (exact) mass is 295 g/mol. The predicted molar refractivity (Wildman–Crippen MR) is 85.9 cm³/mol. The smallest absolute Gasteiger partial charge is 0.232 e. The number of rotatable bonds is 5. The number of benzene rings is 1. The van der Waals surface area contributed by atoms with Gasteiger partial charge in [0.2, 0.25) is 11.9 Å². The molecule has 2 aromatic heterocycles. The summed E-state index contributed by atoms with van der Waals surface area (Å²) in [5.74, 6) is 1.60. The van der Waals surface area contributed by atoms with E-state index in [-0.39, 0.29) is 0 Å². The third-order valence-electron chi connectivity index (χ3n) is 3.05. The zero-order chi connectivity index (χ0) is 15.4. The first-order valence-electron chi connectivity index (χ1n) is 7.06. The fourth-order valence-corrected chi connectivity index (χ4v) is 2.03. The number of aromatic nitrogens is 5. The van der Waals surface area contributed by atoms with Crippen molar-refractivity contribution in [3.8, 4) is 11.5 Å². The van der Waals surface area contributed by atoms with Crippen molar-refractivity contribution in [1.82, 2.24) is 24.7 Å². The normalized spacial score (nSPS) is 10.5. The molecule has 0 aliphatic carbocycles. The van der Waals surface area contributed by atoms with E-state index in [0.29, 0.717) is 17.7 Å². The molecule has 0 atom stereocenters. The highest BCUT2D eigenvalue weighted by Gasteiger charge is 2.11. The number of hydrogen-bond acceptors (Lipinski definition) is 6. The van der Waals surface area contributed by atoms with Crippen LogP contribution in [-0.2, 0) is 7.05 Å². The fraction of sp³-hybridized carbons (Fsp3) is 0.200. The summed E-state index contributed by atoms with van der Waals surface area (Å²) >= 11 is 0. The van der Waals surface area contributed by atoms with Crippen molar-refractivity contribution in [2.24, 2.45) is 7.05 Å². The van der Waals surface area contributed by atoms with Crippen LogP contribution in [0.5, 0.6) is 0 Å². The molecule has 2 heterocycles. The van der Waals surface area contributed by atoms with Crippen LogP contribution in [0.4, 0.5) is 17.6 Å². The first-order chi connectivity index (χ1) is 10.8. The van der Waals surface area contributed by atoms with E-state index in [9.17, 15) is 0 Å². The van der Waals surface area contributed by atoms with Gasteiger partial charge in [-0.05, 0) is 25.1 Å². The van der Waals surface area contributed by atoms with Crippen molar-refractivity contribution in [1.29, 1.82) is 0 Å². The van der Waals surface area contributed by atoms with E-state index in [2.05, 4.69) is 30.7 Å². The standard InChI is InChI=1S/C15H17N7/c1-3-16-14-19-13(12-9-10-17-22(12)2)20-15(21-14)18-11-7-5-4-6-8-11/h4-10H,3H2,1-2H3,(H2,16,18,19,20,21). The Labute approximate surface area is 128 Å². The van der Waals surface area contributed by atoms with Crippen molar-refractivity contribution in [2.45, 2.75) is 6.92 Å². The van der Waals surface area contributed by atoms with Gasteiger partial charge in [-0.2, -0.15) is 20.1 Å². The van der Waals surface area contributed by atoms with Gasteiger partial charge in [0.05, 0.1) is 0 Å². The summed E-state index contributed by atoms with van der Waals surface area (Å²) in [6, 6.07) is 11.7. The molecule has 0 bridgehead atoms. The zero-order valence-corrected chi connectivity index (χ0v) is 12.5. The zero-order valence-electron chi connectivity index (χ0n) is 12.5. The summed E-state index contributed by atoms with van der Waals surface area (Å²) < 4.78 is 1.73. The second kappa shape index (κ2) is 6.21. The number of nitrogens with zero attached hydrogens (tertiary/aromatic N) is 5. The quantitative estimate of drug-likeness (QED) is 0.752. The summed E-state index contributed by atoms with van der Waals surface area (Å²) in [6.07, 6.45) is 1.72. The highest BCUT2D eigenvalue weighted by Crippen LogP contribution is 2.19. The topological polar surface area (TPSA) is 80.5 Å². The molecule has 0 spiro atoms. The Morgan fingerprint density at radius 2 is 1.77 bits per heavy atom. The van der Waals surface area contributed by atoms with Crippen molar-refractivity contribution < 1.29 is 0 Å². The summed E-state index contributed by atoms with van der Waals surface area (Å²) in [5, 5.41) is 10.5. The molecule has 112 valence electrons. The van der Waals surface area contributed by atoms with Crippen LogP contribution in [0, 0.1) is 0 Å². The number of aryl methyl sites for hydroxylation is 1. The van der Waals surface area contributed by atoms with Gasteiger partial charge in [0.1, 0.15) is 5.69 Å². The Morgan fingerprint density at radius 3 is 2.45 bits per heavy atom. The van der Waals surface area contributed by atoms with Crippen LogP contribution in [0.2, 0.25) is 0 Å². The molecule has 3 rings (SSSR count). The minimum atomic E-state index is 0.494. The van der Waals surface area contributed by atoms with Crippen molar-refractivity contribution in [2.75, 3.05) is 17.2 Å². The molecule has 2 N–H and O–H groups in total. The second-order valence-corrected chi connectivity index (χ2v) is 4.67. The van der Waals surface area contributed by atoms with E-state index >= 15 is 0 Å². The number of hydrogen-bond donors (Lipinski definition) is 2. The van der Waals surface area contributed by atoms with E-state index in [1.165, 1.54) is 0 Å². The lowest BCUT2D eigenvalue weighted by molar-refractivity contribution is 0.769. The number of anilines is 3. The molecule has 22 heavy (non-hydrogen) atoms. The average molecular weight is 295 g/mol. The Morgan fingerprint density at radius 1 is 1.00 bits per heavy atom. The number of nitrogens with one attached hydrogen (secondary N) is 2. The van der Waals surface area contributed by atoms with Crippen LogP contribution in [0.3, 0.4) is 0 Å². The van der Waals surface area contributed by atoms with Gasteiger partial charge in [0.25, 0.3) is 0 Å². The summed E-state index contributed by atoms with van der Waals surface area (Å²) in [7, 11) is 1.86. The third-order valence-corrected chi connectivity index (χ3v) is 3.05. The van der Waals surface area contributed by atoms with E-state index in [1.54, 1.807) is 10.9 Å². The van der Waals surface area contributed by atoms with E-state index in [0.717, 1.165) is 17.9 Å². The van der Waals surface area contributed by atoms with Gasteiger partial charge in [-0.15, -0.1) is 0 Å². The average Bonchev–Trinajstić information content (AvgIpc) is 2.94. The molecule has 0 saturated carbocycles. The molecule has 1 aromatic carbocycles. The van der Waals surface area contributed by atoms with Crippen molar-refractivity contribution in [3.63, 3.8) is 0 Å². The maximum Gasteiger partial charge on any atom is 0.232 e. The Balaban J connectivity index is 1.99. The van der Waals surface area contributed by atoms with Crippen LogP contribution in [-0.4, -0.2) is 31.3 Å². The maximum absolute atomic E-state index is 4.48. The molecule has 0 aliphatic heterocycles. The van der Waals surface area contributed by atoms with Crippen molar-refractivity contribution >= 4 is 17.6 Å². The number of para-hydroxylation sites is 1. The lowest BCUT2D eigenvalue weighted by atomic mass is 10.3. The van der Waals surface area contributed by atoms with Gasteiger partial charge >= 0.3 is 0 Å². The molecule has 0 aliphatic rings. The van der Waals surface area contributed by atoms with Gasteiger partial charge in [-0.25, -0.2) is 0 Å². The first-order valence-corrected chi connectivity index (χ1v) is 7.06. The maximum atomic E-state index is 4.48. The van der Waals surface area contributed by atoms with Gasteiger partial charge < -0.3 is 10.6 Å². The van der Waals surface area contributed by atoms with Crippen LogP contribution in [0.25, 0.3) is 11.5 Å². The van der Waals surface area contributed by atoms with E-state index in [1.807, 2.05) is 50.4 Å². The van der Waals surface area contributed by atoms with Gasteiger partial charge in [-0.1, -0.05) is 18.2 Å². The Kier molecular flexibility index (Phi) is 3.95. The SMILES string of the molecule is CCNc1nc(Nc2ccccc2)nc(-c2ccnn2C)n1. The van der Waals surface area contributed by atoms with Gasteiger partial charge in [-0.3, -0.25) is 4.68 Å². The van der Waals surface area contributed by atoms with Crippen LogP contribution in [0.1, 0.15) is 6.92 Å². The van der Waals surface area contributed by atoms with E-state index < -0.39 is 0 Å². The molecule has 0 unspecified atom stereocenters. The Hall–Kier alpha value is -2.96. The summed E-state index contributed by atoms with van der Waals surface area (Å²) in [6.45, 7) is 2.73. The minimum absolute atomic E-state index is 0.494. The molecule has 0 amide bonds. The first kappa shape index (κ1) is 14.0. The summed E-state index contributed by atoms with van der Waals surface area (Å²) in [4.78, 5) is 13.3. The summed E-state index contributed by atoms with van der Waals surface area (Å²) in [5.41, 5.74) is 1.75. The lowest BCUT2D eigenvalue weighted by Crippen LogP contribution is -2.09. The van der Waals surface area contributed by atoms with Crippen LogP contribution < -0.4 is 10.6 Å². The molecule has 0 radical (unpaired) electrons. The van der Waals surface area contributed by atoms with Crippen molar-refractivity contribution in [3.05, 3.63) is 42.6 Å². The molecule has 0 fully saturated rings. The van der Waals surface area contributed by atoms with Gasteiger partial charge in [0.15, 0.2) is 5.82 Å². The molecular weight excluding hydrogens is 278 g/mol. The molecular formula is C15H17N7. The highest BCUT2D eigenvalue weighted by molar-refractivity contribution is 5.58. The predicted octanol–water partition coefficient (Wildman–Crippen LogP) is 2.45. The van der Waals surface area contributed by atoms with Crippen LogP contribution in [0.15, 0.2) is 42.6 Å². The second-order valence-electron chi connectivity index (χ2n) is 4.67. The highest BCUT2D eigenvalue weighted by atomic mass is 15.3. The molecule has 3 aromatic rings. The minimum Gasteiger partial charge on any atom is -0.354 e. The molecule has 7 heteroatoms. The van der Waals surface area contributed by atoms with Crippen LogP contribution >= 0.6 is 0 Å². The third kappa shape index (κ3) is 3.03. The van der Waals surface area contributed by atoms with E-state index in [4.69, 9.17) is 0 Å². The fourth-order valence-electron chi connectivity index (χ4n) is 2.03. The largest absolute Gasteiger partial charge is 0.354 e. The Bertz CT molecular complexity index is 752. The van der Waals surface area contributed by atoms with Gasteiger partial charge in [0, 0.05) is 25.5 Å². The molecule has 7 nitrogen and oxygen atoms in total. The molecule has 0 saturated heterocycles.